The number of nitrogens with zero attached hydrogens (tertiary/aromatic N) is 1. The van der Waals surface area contributed by atoms with Gasteiger partial charge in [-0.1, -0.05) is 29.8 Å². The molecule has 0 aliphatic rings. The number of benzene rings is 2. The second-order valence-corrected chi connectivity index (χ2v) is 5.74. The summed E-state index contributed by atoms with van der Waals surface area (Å²) >= 11 is 6.10. The zero-order chi connectivity index (χ0) is 18.2. The van der Waals surface area contributed by atoms with Crippen molar-refractivity contribution in [3.05, 3.63) is 47.5 Å². The number of carbonyl (C=O) groups excluding carboxylic acids is 1. The number of anilines is 2. The predicted octanol–water partition coefficient (Wildman–Crippen LogP) is 4.21. The molecule has 6 heteroatoms. The zero-order valence-corrected chi connectivity index (χ0v) is 15.5. The molecule has 0 unspecified atom stereocenters. The van der Waals surface area contributed by atoms with Gasteiger partial charge in [0.1, 0.15) is 11.5 Å². The maximum atomic E-state index is 12.5. The van der Waals surface area contributed by atoms with E-state index in [1.165, 1.54) is 0 Å². The van der Waals surface area contributed by atoms with Crippen LogP contribution < -0.4 is 19.7 Å². The van der Waals surface area contributed by atoms with Crippen LogP contribution in [0.2, 0.25) is 5.02 Å². The molecule has 25 heavy (non-hydrogen) atoms. The van der Waals surface area contributed by atoms with Crippen molar-refractivity contribution < 1.29 is 14.3 Å². The first kappa shape index (κ1) is 18.9. The van der Waals surface area contributed by atoms with E-state index in [2.05, 4.69) is 5.32 Å². The molecular weight excluding hydrogens is 340 g/mol. The maximum absolute atomic E-state index is 12.5. The number of methoxy groups -OCH3 is 2. The van der Waals surface area contributed by atoms with Crippen molar-refractivity contribution in [3.8, 4) is 11.5 Å². The lowest BCUT2D eigenvalue weighted by Crippen LogP contribution is -2.31. The topological polar surface area (TPSA) is 50.8 Å². The first-order valence-corrected chi connectivity index (χ1v) is 8.49. The fourth-order valence-electron chi connectivity index (χ4n) is 2.55. The number of ether oxygens (including phenoxy) is 2. The Morgan fingerprint density at radius 3 is 2.40 bits per heavy atom. The molecule has 0 fully saturated rings. The molecule has 0 bridgehead atoms. The van der Waals surface area contributed by atoms with Crippen molar-refractivity contribution >= 4 is 28.9 Å². The Kier molecular flexibility index (Phi) is 6.95. The third kappa shape index (κ3) is 4.79. The summed E-state index contributed by atoms with van der Waals surface area (Å²) in [5.74, 6) is 1.21. The van der Waals surface area contributed by atoms with Crippen LogP contribution >= 0.6 is 11.6 Å². The molecule has 0 aromatic heterocycles. The SMILES string of the molecule is CCN(C(=O)CCNc1cc(OC)c(Cl)cc1OC)c1ccccc1. The van der Waals surface area contributed by atoms with Crippen LogP contribution in [0.1, 0.15) is 13.3 Å². The average molecular weight is 363 g/mol. The molecule has 0 aliphatic heterocycles. The Morgan fingerprint density at radius 1 is 1.12 bits per heavy atom. The molecule has 1 N–H and O–H groups in total. The van der Waals surface area contributed by atoms with Crippen LogP contribution in [-0.2, 0) is 4.79 Å². The van der Waals surface area contributed by atoms with Gasteiger partial charge >= 0.3 is 0 Å². The Balaban J connectivity index is 2.01. The monoisotopic (exact) mass is 362 g/mol. The summed E-state index contributed by atoms with van der Waals surface area (Å²) in [4.78, 5) is 14.3. The lowest BCUT2D eigenvalue weighted by Gasteiger charge is -2.21. The van der Waals surface area contributed by atoms with Crippen LogP contribution in [0.4, 0.5) is 11.4 Å². The predicted molar refractivity (Wildman–Crippen MR) is 102 cm³/mol. The van der Waals surface area contributed by atoms with Gasteiger partial charge in [0.25, 0.3) is 0 Å². The van der Waals surface area contributed by atoms with Crippen LogP contribution in [0.15, 0.2) is 42.5 Å². The summed E-state index contributed by atoms with van der Waals surface area (Å²) in [7, 11) is 3.13. The van der Waals surface area contributed by atoms with Crippen molar-refractivity contribution in [2.45, 2.75) is 13.3 Å². The molecule has 134 valence electrons. The van der Waals surface area contributed by atoms with Crippen LogP contribution in [0.25, 0.3) is 0 Å². The van der Waals surface area contributed by atoms with Gasteiger partial charge in [-0.3, -0.25) is 4.79 Å². The number of amides is 1. The summed E-state index contributed by atoms with van der Waals surface area (Å²) in [6.45, 7) is 3.07. The van der Waals surface area contributed by atoms with Crippen molar-refractivity contribution in [2.75, 3.05) is 37.5 Å². The maximum Gasteiger partial charge on any atom is 0.228 e. The summed E-state index contributed by atoms with van der Waals surface area (Å²) in [6.07, 6.45) is 0.358. The summed E-state index contributed by atoms with van der Waals surface area (Å²) < 4.78 is 10.5. The Bertz CT molecular complexity index is 707. The molecular formula is C19H23ClN2O3. The third-order valence-corrected chi connectivity index (χ3v) is 4.11. The van der Waals surface area contributed by atoms with Gasteiger partial charge in [-0.15, -0.1) is 0 Å². The molecule has 0 saturated heterocycles. The number of hydrogen-bond acceptors (Lipinski definition) is 4. The molecule has 1 amide bonds. The molecule has 0 aliphatic carbocycles. The second-order valence-electron chi connectivity index (χ2n) is 5.34. The van der Waals surface area contributed by atoms with E-state index in [0.717, 1.165) is 11.4 Å². The standard InChI is InChI=1S/C19H23ClN2O3/c1-4-22(14-8-6-5-7-9-14)19(23)10-11-21-16-13-17(24-2)15(20)12-18(16)25-3/h5-9,12-13,21H,4,10-11H2,1-3H3. The smallest absolute Gasteiger partial charge is 0.228 e. The van der Waals surface area contributed by atoms with E-state index >= 15 is 0 Å². The van der Waals surface area contributed by atoms with E-state index in [1.54, 1.807) is 31.3 Å². The normalized spacial score (nSPS) is 10.2. The highest BCUT2D eigenvalue weighted by atomic mass is 35.5. The van der Waals surface area contributed by atoms with Gasteiger partial charge in [0.05, 0.1) is 24.9 Å². The minimum atomic E-state index is 0.0566. The number of carbonyl (C=O) groups is 1. The van der Waals surface area contributed by atoms with Crippen molar-refractivity contribution in [3.63, 3.8) is 0 Å². The first-order chi connectivity index (χ1) is 12.1. The van der Waals surface area contributed by atoms with Gasteiger partial charge in [0, 0.05) is 37.3 Å². The summed E-state index contributed by atoms with van der Waals surface area (Å²) in [5, 5.41) is 3.69. The van der Waals surface area contributed by atoms with E-state index in [9.17, 15) is 4.79 Å². The van der Waals surface area contributed by atoms with Gasteiger partial charge in [-0.2, -0.15) is 0 Å². The van der Waals surface area contributed by atoms with Crippen LogP contribution in [0.3, 0.4) is 0 Å². The van der Waals surface area contributed by atoms with Crippen molar-refractivity contribution in [1.82, 2.24) is 0 Å². The number of hydrogen-bond donors (Lipinski definition) is 1. The van der Waals surface area contributed by atoms with E-state index in [4.69, 9.17) is 21.1 Å². The minimum Gasteiger partial charge on any atom is -0.495 e. The first-order valence-electron chi connectivity index (χ1n) is 8.11. The van der Waals surface area contributed by atoms with E-state index < -0.39 is 0 Å². The Morgan fingerprint density at radius 2 is 1.80 bits per heavy atom. The fourth-order valence-corrected chi connectivity index (χ4v) is 2.78. The molecule has 0 atom stereocenters. The number of para-hydroxylation sites is 1. The van der Waals surface area contributed by atoms with E-state index in [1.807, 2.05) is 37.3 Å². The number of nitrogens with one attached hydrogen (secondary N) is 1. The summed E-state index contributed by atoms with van der Waals surface area (Å²) in [5.41, 5.74) is 1.64. The summed E-state index contributed by atoms with van der Waals surface area (Å²) in [6, 6.07) is 13.1. The second kappa shape index (κ2) is 9.18. The van der Waals surface area contributed by atoms with Crippen LogP contribution in [0.5, 0.6) is 11.5 Å². The van der Waals surface area contributed by atoms with Crippen molar-refractivity contribution in [2.24, 2.45) is 0 Å². The molecule has 0 saturated carbocycles. The quantitative estimate of drug-likeness (QED) is 0.764. The highest BCUT2D eigenvalue weighted by Gasteiger charge is 2.14. The molecule has 0 radical (unpaired) electrons. The number of halogens is 1. The van der Waals surface area contributed by atoms with Crippen LogP contribution in [0, 0.1) is 0 Å². The largest absolute Gasteiger partial charge is 0.495 e. The lowest BCUT2D eigenvalue weighted by atomic mass is 10.2. The van der Waals surface area contributed by atoms with Gasteiger partial charge < -0.3 is 19.7 Å². The van der Waals surface area contributed by atoms with Gasteiger partial charge in [-0.25, -0.2) is 0 Å². The van der Waals surface area contributed by atoms with E-state index in [0.29, 0.717) is 36.0 Å². The molecule has 0 spiro atoms. The average Bonchev–Trinajstić information content (AvgIpc) is 2.64. The van der Waals surface area contributed by atoms with Crippen LogP contribution in [-0.4, -0.2) is 33.2 Å². The Hall–Kier alpha value is -2.40. The number of rotatable bonds is 8. The molecule has 0 heterocycles. The minimum absolute atomic E-state index is 0.0566. The highest BCUT2D eigenvalue weighted by molar-refractivity contribution is 6.32. The third-order valence-electron chi connectivity index (χ3n) is 3.81. The fraction of sp³-hybridized carbons (Fsp3) is 0.316. The highest BCUT2D eigenvalue weighted by Crippen LogP contribution is 2.35. The zero-order valence-electron chi connectivity index (χ0n) is 14.7. The molecule has 2 rings (SSSR count). The molecule has 5 nitrogen and oxygen atoms in total. The molecule has 2 aromatic carbocycles. The van der Waals surface area contributed by atoms with Crippen molar-refractivity contribution in [1.29, 1.82) is 0 Å². The Labute approximate surface area is 153 Å². The van der Waals surface area contributed by atoms with Gasteiger partial charge in [0.15, 0.2) is 0 Å². The van der Waals surface area contributed by atoms with Gasteiger partial charge in [-0.05, 0) is 19.1 Å². The molecule has 2 aromatic rings. The van der Waals surface area contributed by atoms with Gasteiger partial charge in [0.2, 0.25) is 5.91 Å². The van der Waals surface area contributed by atoms with E-state index in [-0.39, 0.29) is 5.91 Å². The lowest BCUT2D eigenvalue weighted by molar-refractivity contribution is -0.118.